The molecule has 1 saturated heterocycles. The molecule has 0 aliphatic carbocycles. The molecule has 1 fully saturated rings. The molecule has 0 bridgehead atoms. The van der Waals surface area contributed by atoms with Crippen LogP contribution in [0.15, 0.2) is 12.2 Å². The number of hydrogen-bond donors (Lipinski definition) is 1. The molecule has 1 atom stereocenters. The molecule has 2 heteroatoms. The van der Waals surface area contributed by atoms with Crippen molar-refractivity contribution >= 4 is 0 Å². The Kier molecular flexibility index (Phi) is 5.50. The van der Waals surface area contributed by atoms with Gasteiger partial charge in [-0.2, -0.15) is 0 Å². The van der Waals surface area contributed by atoms with Crippen LogP contribution in [-0.4, -0.2) is 24.3 Å². The molecule has 0 aromatic carbocycles. The van der Waals surface area contributed by atoms with Crippen molar-refractivity contribution in [3.8, 4) is 0 Å². The molecule has 0 aromatic rings. The van der Waals surface area contributed by atoms with Crippen LogP contribution in [0.2, 0.25) is 0 Å². The van der Waals surface area contributed by atoms with Gasteiger partial charge in [-0.25, -0.2) is 0 Å². The lowest BCUT2D eigenvalue weighted by molar-refractivity contribution is -0.0134. The van der Waals surface area contributed by atoms with Crippen LogP contribution in [-0.2, 0) is 4.74 Å². The minimum absolute atomic E-state index is 0.109. The summed E-state index contributed by atoms with van der Waals surface area (Å²) in [6, 6.07) is 0.590. The van der Waals surface area contributed by atoms with E-state index >= 15 is 0 Å². The van der Waals surface area contributed by atoms with E-state index < -0.39 is 0 Å². The molecule has 0 spiro atoms. The van der Waals surface area contributed by atoms with Crippen molar-refractivity contribution in [2.45, 2.75) is 71.1 Å². The van der Waals surface area contributed by atoms with E-state index in [0.717, 1.165) is 19.4 Å². The van der Waals surface area contributed by atoms with Gasteiger partial charge in [0.25, 0.3) is 0 Å². The molecule has 0 amide bonds. The third kappa shape index (κ3) is 5.66. The minimum Gasteiger partial charge on any atom is -0.372 e. The summed E-state index contributed by atoms with van der Waals surface area (Å²) in [5.41, 5.74) is 0.109. The average molecular weight is 225 g/mol. The van der Waals surface area contributed by atoms with Crippen molar-refractivity contribution in [2.24, 2.45) is 0 Å². The molecule has 0 radical (unpaired) electrons. The molecule has 1 aliphatic heterocycles. The zero-order valence-corrected chi connectivity index (χ0v) is 11.3. The maximum atomic E-state index is 5.93. The fourth-order valence-electron chi connectivity index (χ4n) is 2.06. The standard InChI is InChI=1S/C14H27NO/c1-12(2)15-11-7-5-6-8-13-9-10-14(3,4)16-13/h5-6,12-13,15H,7-11H2,1-4H3/b6-5+. The summed E-state index contributed by atoms with van der Waals surface area (Å²) in [7, 11) is 0. The van der Waals surface area contributed by atoms with Crippen LogP contribution >= 0.6 is 0 Å². The highest BCUT2D eigenvalue weighted by molar-refractivity contribution is 4.89. The summed E-state index contributed by atoms with van der Waals surface area (Å²) in [6.07, 6.45) is 9.59. The molecule has 0 aromatic heterocycles. The van der Waals surface area contributed by atoms with Gasteiger partial charge in [-0.3, -0.25) is 0 Å². The van der Waals surface area contributed by atoms with E-state index in [1.165, 1.54) is 12.8 Å². The maximum absolute atomic E-state index is 5.93. The minimum atomic E-state index is 0.109. The molecule has 94 valence electrons. The average Bonchev–Trinajstić information content (AvgIpc) is 2.51. The number of hydrogen-bond acceptors (Lipinski definition) is 2. The molecule has 1 N–H and O–H groups in total. The highest BCUT2D eigenvalue weighted by Gasteiger charge is 2.30. The van der Waals surface area contributed by atoms with Crippen LogP contribution in [0, 0.1) is 0 Å². The van der Waals surface area contributed by atoms with Gasteiger partial charge < -0.3 is 10.1 Å². The van der Waals surface area contributed by atoms with Gasteiger partial charge in [-0.1, -0.05) is 26.0 Å². The molecular weight excluding hydrogens is 198 g/mol. The Morgan fingerprint density at radius 1 is 1.38 bits per heavy atom. The van der Waals surface area contributed by atoms with Gasteiger partial charge >= 0.3 is 0 Å². The lowest BCUT2D eigenvalue weighted by Crippen LogP contribution is -2.23. The first-order valence-electron chi connectivity index (χ1n) is 6.56. The van der Waals surface area contributed by atoms with E-state index in [1.807, 2.05) is 0 Å². The largest absolute Gasteiger partial charge is 0.372 e. The highest BCUT2D eigenvalue weighted by atomic mass is 16.5. The molecular formula is C14H27NO. The Labute approximate surface area is 100 Å². The molecule has 1 rings (SSSR count). The van der Waals surface area contributed by atoms with Gasteiger partial charge in [0.1, 0.15) is 0 Å². The normalized spacial score (nSPS) is 24.7. The van der Waals surface area contributed by atoms with E-state index in [9.17, 15) is 0 Å². The third-order valence-corrected chi connectivity index (χ3v) is 2.98. The third-order valence-electron chi connectivity index (χ3n) is 2.98. The molecule has 16 heavy (non-hydrogen) atoms. The zero-order chi connectivity index (χ0) is 12.0. The Morgan fingerprint density at radius 3 is 2.69 bits per heavy atom. The van der Waals surface area contributed by atoms with Crippen LogP contribution in [0.3, 0.4) is 0 Å². The summed E-state index contributed by atoms with van der Waals surface area (Å²) in [6.45, 7) is 9.80. The van der Waals surface area contributed by atoms with E-state index in [0.29, 0.717) is 12.1 Å². The van der Waals surface area contributed by atoms with Crippen LogP contribution in [0.5, 0.6) is 0 Å². The van der Waals surface area contributed by atoms with Crippen molar-refractivity contribution in [3.05, 3.63) is 12.2 Å². The fourth-order valence-corrected chi connectivity index (χ4v) is 2.06. The Morgan fingerprint density at radius 2 is 2.12 bits per heavy atom. The van der Waals surface area contributed by atoms with Gasteiger partial charge in [0.2, 0.25) is 0 Å². The first-order chi connectivity index (χ1) is 7.49. The van der Waals surface area contributed by atoms with Gasteiger partial charge in [-0.05, 0) is 46.1 Å². The van der Waals surface area contributed by atoms with Crippen LogP contribution in [0.25, 0.3) is 0 Å². The van der Waals surface area contributed by atoms with Crippen molar-refractivity contribution in [3.63, 3.8) is 0 Å². The lowest BCUT2D eigenvalue weighted by Gasteiger charge is -2.18. The summed E-state index contributed by atoms with van der Waals surface area (Å²) < 4.78 is 5.93. The van der Waals surface area contributed by atoms with E-state index in [-0.39, 0.29) is 5.60 Å². The summed E-state index contributed by atoms with van der Waals surface area (Å²) >= 11 is 0. The Bertz CT molecular complexity index is 221. The predicted octanol–water partition coefficient (Wildman–Crippen LogP) is 3.28. The second-order valence-electron chi connectivity index (χ2n) is 5.64. The quantitative estimate of drug-likeness (QED) is 0.553. The first-order valence-corrected chi connectivity index (χ1v) is 6.56. The number of nitrogens with one attached hydrogen (secondary N) is 1. The molecule has 1 heterocycles. The topological polar surface area (TPSA) is 21.3 Å². The van der Waals surface area contributed by atoms with Crippen molar-refractivity contribution in [2.75, 3.05) is 6.54 Å². The molecule has 0 saturated carbocycles. The van der Waals surface area contributed by atoms with Gasteiger partial charge in [0.05, 0.1) is 11.7 Å². The van der Waals surface area contributed by atoms with E-state index in [2.05, 4.69) is 45.2 Å². The summed E-state index contributed by atoms with van der Waals surface area (Å²) in [5, 5.41) is 3.40. The van der Waals surface area contributed by atoms with Crippen molar-refractivity contribution < 1.29 is 4.74 Å². The predicted molar refractivity (Wildman–Crippen MR) is 69.7 cm³/mol. The summed E-state index contributed by atoms with van der Waals surface area (Å²) in [5.74, 6) is 0. The fraction of sp³-hybridized carbons (Fsp3) is 0.857. The van der Waals surface area contributed by atoms with Gasteiger partial charge in [-0.15, -0.1) is 0 Å². The van der Waals surface area contributed by atoms with E-state index in [1.54, 1.807) is 0 Å². The SMILES string of the molecule is CC(C)NCC/C=C/CC1CCC(C)(C)O1. The van der Waals surface area contributed by atoms with Crippen LogP contribution in [0.1, 0.15) is 53.4 Å². The van der Waals surface area contributed by atoms with Crippen molar-refractivity contribution in [1.29, 1.82) is 0 Å². The number of ether oxygens (including phenoxy) is 1. The second kappa shape index (κ2) is 6.41. The van der Waals surface area contributed by atoms with Crippen LogP contribution in [0.4, 0.5) is 0 Å². The Hall–Kier alpha value is -0.340. The van der Waals surface area contributed by atoms with E-state index in [4.69, 9.17) is 4.74 Å². The Balaban J connectivity index is 2.04. The molecule has 1 unspecified atom stereocenters. The van der Waals surface area contributed by atoms with Gasteiger partial charge in [0, 0.05) is 6.04 Å². The maximum Gasteiger partial charge on any atom is 0.0631 e. The molecule has 2 nitrogen and oxygen atoms in total. The molecule has 1 aliphatic rings. The smallest absolute Gasteiger partial charge is 0.0631 e. The lowest BCUT2D eigenvalue weighted by atomic mass is 10.0. The van der Waals surface area contributed by atoms with Crippen LogP contribution < -0.4 is 5.32 Å². The van der Waals surface area contributed by atoms with Crippen molar-refractivity contribution in [1.82, 2.24) is 5.32 Å². The first kappa shape index (κ1) is 13.7. The number of rotatable bonds is 6. The monoisotopic (exact) mass is 225 g/mol. The summed E-state index contributed by atoms with van der Waals surface area (Å²) in [4.78, 5) is 0. The highest BCUT2D eigenvalue weighted by Crippen LogP contribution is 2.30. The second-order valence-corrected chi connectivity index (χ2v) is 5.64. The van der Waals surface area contributed by atoms with Gasteiger partial charge in [0.15, 0.2) is 0 Å². The zero-order valence-electron chi connectivity index (χ0n) is 11.3.